The van der Waals surface area contributed by atoms with Crippen LogP contribution in [0.4, 0.5) is 0 Å². The quantitative estimate of drug-likeness (QED) is 0.278. The van der Waals surface area contributed by atoms with Gasteiger partial charge in [0.2, 0.25) is 0 Å². The number of hydrogen-bond donors (Lipinski definition) is 2. The van der Waals surface area contributed by atoms with E-state index >= 15 is 0 Å². The molecule has 8 atom stereocenters. The van der Waals surface area contributed by atoms with Gasteiger partial charge < -0.3 is 14.6 Å². The van der Waals surface area contributed by atoms with Crippen molar-refractivity contribution in [3.05, 3.63) is 42.5 Å². The molecule has 4 aliphatic rings. The summed E-state index contributed by atoms with van der Waals surface area (Å²) in [6.45, 7) is 11.4. The van der Waals surface area contributed by atoms with Crippen molar-refractivity contribution >= 4 is 71.2 Å². The second-order valence-corrected chi connectivity index (χ2v) is 17.1. The molecule has 0 bridgehead atoms. The summed E-state index contributed by atoms with van der Waals surface area (Å²) < 4.78 is 24.4. The number of fused-ring (bicyclic) bond motifs is 2. The summed E-state index contributed by atoms with van der Waals surface area (Å²) in [6, 6.07) is 10.2. The normalized spacial score (nSPS) is 38.3. The maximum absolute atomic E-state index is 11.2. The van der Waals surface area contributed by atoms with Gasteiger partial charge in [0, 0.05) is 40.1 Å². The van der Waals surface area contributed by atoms with Crippen LogP contribution in [0.5, 0.6) is 0 Å². The van der Waals surface area contributed by atoms with Crippen LogP contribution in [0.1, 0.15) is 61.8 Å². The minimum atomic E-state index is -0.916. The molecule has 1 aromatic carbocycles. The van der Waals surface area contributed by atoms with Crippen LogP contribution in [0.2, 0.25) is 4.82 Å². The molecule has 2 aliphatic carbocycles. The van der Waals surface area contributed by atoms with Gasteiger partial charge in [0.15, 0.2) is 5.79 Å². The van der Waals surface area contributed by atoms with Crippen molar-refractivity contribution in [2.24, 2.45) is 0 Å². The molecule has 5 rings (SSSR count). The van der Waals surface area contributed by atoms with Gasteiger partial charge in [-0.05, 0) is 20.3 Å². The fourth-order valence-corrected chi connectivity index (χ4v) is 8.83. The molecule has 2 N–H and O–H groups in total. The van der Waals surface area contributed by atoms with Crippen molar-refractivity contribution in [2.75, 3.05) is 0 Å². The summed E-state index contributed by atoms with van der Waals surface area (Å²) in [5.41, 5.74) is -1.75. The smallest absolute Gasteiger partial charge is 0.164 e. The Kier molecular flexibility index (Phi) is 13.0. The van der Waals surface area contributed by atoms with Crippen molar-refractivity contribution in [3.63, 3.8) is 0 Å². The van der Waals surface area contributed by atoms with E-state index in [0.717, 1.165) is 0 Å². The minimum absolute atomic E-state index is 0. The Morgan fingerprint density at radius 2 is 1.46 bits per heavy atom. The molecule has 2 heterocycles. The molecule has 0 aromatic heterocycles. The van der Waals surface area contributed by atoms with Gasteiger partial charge in [-0.2, -0.15) is 0 Å². The van der Waals surface area contributed by atoms with E-state index in [4.69, 9.17) is 30.5 Å². The molecule has 1 saturated carbocycles. The summed E-state index contributed by atoms with van der Waals surface area (Å²) in [5.74, 6) is -1.24. The molecule has 1 aromatic rings. The van der Waals surface area contributed by atoms with E-state index in [-0.39, 0.29) is 57.0 Å². The molecule has 6 nitrogen and oxygen atoms in total. The Morgan fingerprint density at radius 1 is 0.897 bits per heavy atom. The largest absolute Gasteiger partial charge is 0.383 e. The van der Waals surface area contributed by atoms with Gasteiger partial charge in [0.25, 0.3) is 0 Å². The minimum Gasteiger partial charge on any atom is -0.383 e. The zero-order valence-electron chi connectivity index (χ0n) is 22.4. The molecule has 2 aliphatic heterocycles. The van der Waals surface area contributed by atoms with Gasteiger partial charge in [-0.15, -0.1) is 0 Å². The van der Waals surface area contributed by atoms with E-state index < -0.39 is 22.8 Å². The van der Waals surface area contributed by atoms with E-state index in [1.54, 1.807) is 6.08 Å². The van der Waals surface area contributed by atoms with Crippen molar-refractivity contribution in [1.82, 2.24) is 0 Å². The van der Waals surface area contributed by atoms with Crippen molar-refractivity contribution in [2.45, 2.75) is 119 Å². The van der Waals surface area contributed by atoms with Crippen LogP contribution >= 0.6 is 11.6 Å². The standard InChI is InChI=1S/C16H21ClO3Se.C10H16O3.CH4.S4/c1-4-16(18)13-12(19-15(2,3)20-13)11(17)14(16)21-10-8-6-5-7-9-10;1-4-10(11)6-5-7-8(10)13-9(2,3)12-7;;1-3-4-2/h5-9,11-14,18H,4H2,1-3H3;5-8,11H,4H2,1-3H3;1H4;/t11-,12+,13+,14+,16-;7-,8-,10-;;/m10../s1. The van der Waals surface area contributed by atoms with E-state index in [2.05, 4.69) is 34.5 Å². The first-order valence-corrected chi connectivity index (χ1v) is 18.8. The predicted molar refractivity (Wildman–Crippen MR) is 169 cm³/mol. The van der Waals surface area contributed by atoms with Crippen LogP contribution in [0.15, 0.2) is 42.5 Å². The van der Waals surface area contributed by atoms with Crippen LogP contribution < -0.4 is 4.46 Å². The molecular formula is C27H41ClO6S4Se. The second kappa shape index (κ2) is 14.3. The molecule has 3 fully saturated rings. The zero-order chi connectivity index (χ0) is 28.4. The number of ether oxygens (including phenoxy) is 4. The number of aliphatic hydroxyl groups is 2. The fraction of sp³-hybridized carbons (Fsp3) is 0.704. The molecule has 222 valence electrons. The van der Waals surface area contributed by atoms with Gasteiger partial charge >= 0.3 is 137 Å². The third-order valence-electron chi connectivity index (χ3n) is 7.08. The second-order valence-electron chi connectivity index (χ2n) is 10.5. The van der Waals surface area contributed by atoms with Crippen LogP contribution in [0.3, 0.4) is 0 Å². The Bertz CT molecular complexity index is 1060. The number of hydrogen-bond acceptors (Lipinski definition) is 8. The van der Waals surface area contributed by atoms with Crippen LogP contribution in [-0.4, -0.2) is 77.7 Å². The number of rotatable bonds is 4. The monoisotopic (exact) mass is 704 g/mol. The van der Waals surface area contributed by atoms with Gasteiger partial charge in [-0.3, -0.25) is 0 Å². The molecule has 0 radical (unpaired) electrons. The SMILES string of the molecule is C.CC[C@@]1(O)[C@H]2OC(C)(C)O[C@H]2[C@@H](Cl)[C@@H]1[Se]c1ccccc1.CC[C@]1(O)C=C[C@@H]2OC(C)(C)O[C@@H]21.S=S=S=S. The summed E-state index contributed by atoms with van der Waals surface area (Å²) in [6.07, 6.45) is 4.07. The van der Waals surface area contributed by atoms with E-state index in [0.29, 0.717) is 12.8 Å². The van der Waals surface area contributed by atoms with Crippen LogP contribution in [-0.2, 0) is 59.1 Å². The molecule has 0 amide bonds. The molecule has 39 heavy (non-hydrogen) atoms. The van der Waals surface area contributed by atoms with Crippen molar-refractivity contribution < 1.29 is 29.2 Å². The summed E-state index contributed by atoms with van der Waals surface area (Å²) in [5, 5.41) is 21.1. The summed E-state index contributed by atoms with van der Waals surface area (Å²) >= 11 is 15.4. The fourth-order valence-electron chi connectivity index (χ4n) is 5.23. The third kappa shape index (κ3) is 8.07. The molecule has 0 spiro atoms. The summed E-state index contributed by atoms with van der Waals surface area (Å²) in [4.78, 5) is -0.00910. The first-order chi connectivity index (χ1) is 17.8. The van der Waals surface area contributed by atoms with Crippen molar-refractivity contribution in [3.8, 4) is 0 Å². The average Bonchev–Trinajstić information content (AvgIpc) is 3.54. The van der Waals surface area contributed by atoms with Gasteiger partial charge in [-0.25, -0.2) is 0 Å². The predicted octanol–water partition coefficient (Wildman–Crippen LogP) is 3.93. The average molecular weight is 704 g/mol. The van der Waals surface area contributed by atoms with E-state index in [1.807, 2.05) is 65.8 Å². The number of halogens is 1. The Balaban J connectivity index is 0.000000254. The molecule has 2 saturated heterocycles. The Hall–Kier alpha value is 0.409. The van der Waals surface area contributed by atoms with Crippen LogP contribution in [0, 0.1) is 0 Å². The first kappa shape index (κ1) is 35.6. The third-order valence-corrected chi connectivity index (χ3v) is 13.3. The topological polar surface area (TPSA) is 77.4 Å². The van der Waals surface area contributed by atoms with Gasteiger partial charge in [-0.1, -0.05) is 26.5 Å². The van der Waals surface area contributed by atoms with E-state index in [1.165, 1.54) is 22.2 Å². The Morgan fingerprint density at radius 3 is 2.00 bits per heavy atom. The van der Waals surface area contributed by atoms with Crippen LogP contribution in [0.25, 0.3) is 0 Å². The van der Waals surface area contributed by atoms with E-state index in [9.17, 15) is 10.2 Å². The molecule has 0 unspecified atom stereocenters. The van der Waals surface area contributed by atoms with Gasteiger partial charge in [0.05, 0.1) is 0 Å². The Labute approximate surface area is 260 Å². The zero-order valence-corrected chi connectivity index (χ0v) is 28.1. The molecule has 12 heteroatoms. The van der Waals surface area contributed by atoms with Gasteiger partial charge in [0.1, 0.15) is 17.8 Å². The number of alkyl halides is 1. The maximum atomic E-state index is 11.2. The molecular weight excluding hydrogens is 663 g/mol. The van der Waals surface area contributed by atoms with Crippen molar-refractivity contribution in [1.29, 1.82) is 0 Å². The number of benzene rings is 1. The maximum Gasteiger partial charge on any atom is 0.164 e. The summed E-state index contributed by atoms with van der Waals surface area (Å²) in [7, 11) is 2.34. The first-order valence-electron chi connectivity index (χ1n) is 12.6.